The minimum atomic E-state index is -0.515. The summed E-state index contributed by atoms with van der Waals surface area (Å²) in [6, 6.07) is 23.3. The number of benzene rings is 3. The van der Waals surface area contributed by atoms with E-state index in [-0.39, 0.29) is 23.5 Å². The van der Waals surface area contributed by atoms with Crippen molar-refractivity contribution in [2.75, 3.05) is 17.0 Å². The van der Waals surface area contributed by atoms with Gasteiger partial charge in [-0.15, -0.1) is 11.3 Å². The number of non-ortho nitro benzene ring substituents is 1. The van der Waals surface area contributed by atoms with Gasteiger partial charge in [-0.2, -0.15) is 10.1 Å². The maximum atomic E-state index is 14.0. The third-order valence-electron chi connectivity index (χ3n) is 6.52. The Morgan fingerprint density at radius 3 is 2.46 bits per heavy atom. The highest BCUT2D eigenvalue weighted by atomic mass is 32.2. The lowest BCUT2D eigenvalue weighted by Gasteiger charge is -2.11. The molecule has 0 unspecified atom stereocenters. The molecule has 2 aliphatic heterocycles. The van der Waals surface area contributed by atoms with Crippen LogP contribution in [0.3, 0.4) is 0 Å². The third kappa shape index (κ3) is 4.25. The lowest BCUT2D eigenvalue weighted by atomic mass is 10.2. The van der Waals surface area contributed by atoms with Crippen molar-refractivity contribution >= 4 is 62.4 Å². The molecule has 3 aromatic carbocycles. The maximum absolute atomic E-state index is 14.0. The molecule has 0 bridgehead atoms. The average molecular weight is 556 g/mol. The summed E-state index contributed by atoms with van der Waals surface area (Å²) in [5.74, 6) is -0.441. The Balaban J connectivity index is 1.57. The van der Waals surface area contributed by atoms with Crippen molar-refractivity contribution in [3.63, 3.8) is 0 Å². The van der Waals surface area contributed by atoms with Crippen molar-refractivity contribution in [2.45, 2.75) is 18.4 Å². The quantitative estimate of drug-likeness (QED) is 0.281. The number of thiazole rings is 1. The predicted molar refractivity (Wildman–Crippen MR) is 155 cm³/mol. The van der Waals surface area contributed by atoms with Gasteiger partial charge in [0.25, 0.3) is 17.2 Å². The molecule has 0 saturated heterocycles. The van der Waals surface area contributed by atoms with Gasteiger partial charge in [0.1, 0.15) is 14.2 Å². The molecular weight excluding hydrogens is 534 g/mol. The smallest absolute Gasteiger partial charge is 0.283 e. The van der Waals surface area contributed by atoms with Crippen LogP contribution in [0.5, 0.6) is 0 Å². The Bertz CT molecular complexity index is 1880. The van der Waals surface area contributed by atoms with Crippen molar-refractivity contribution in [3.8, 4) is 0 Å². The van der Waals surface area contributed by atoms with Gasteiger partial charge < -0.3 is 4.90 Å². The van der Waals surface area contributed by atoms with Crippen molar-refractivity contribution in [2.24, 2.45) is 5.10 Å². The summed E-state index contributed by atoms with van der Waals surface area (Å²) in [4.78, 5) is 41.6. The number of carbonyl (C=O) groups excluding carboxylic acids is 1. The van der Waals surface area contributed by atoms with E-state index in [1.807, 2.05) is 66.5 Å². The lowest BCUT2D eigenvalue weighted by Crippen LogP contribution is -2.36. The fourth-order valence-electron chi connectivity index (χ4n) is 4.61. The molecule has 0 radical (unpaired) electrons. The summed E-state index contributed by atoms with van der Waals surface area (Å²) >= 11 is 2.79. The number of para-hydroxylation sites is 1. The zero-order valence-corrected chi connectivity index (χ0v) is 22.5. The molecule has 0 aliphatic carbocycles. The minimum Gasteiger partial charge on any atom is -0.337 e. The highest BCUT2D eigenvalue weighted by Gasteiger charge is 2.33. The topological polar surface area (TPSA) is 101 Å². The van der Waals surface area contributed by atoms with Crippen LogP contribution in [-0.2, 0) is 11.3 Å². The zero-order chi connectivity index (χ0) is 27.3. The summed E-state index contributed by atoms with van der Waals surface area (Å²) in [6.07, 6.45) is 0. The van der Waals surface area contributed by atoms with E-state index in [2.05, 4.69) is 5.10 Å². The molecule has 0 spiro atoms. The molecule has 1 aromatic heterocycles. The van der Waals surface area contributed by atoms with Gasteiger partial charge in [0, 0.05) is 24.1 Å². The number of rotatable bonds is 4. The number of hydrazone groups is 1. The number of thioether (sulfide) groups is 1. The molecule has 11 heteroatoms. The second kappa shape index (κ2) is 9.68. The fraction of sp³-hybridized carbons (Fsp3) is 0.107. The van der Waals surface area contributed by atoms with Gasteiger partial charge in [-0.1, -0.05) is 60.3 Å². The van der Waals surface area contributed by atoms with Crippen LogP contribution in [0.2, 0.25) is 0 Å². The molecule has 4 aromatic rings. The zero-order valence-electron chi connectivity index (χ0n) is 20.9. The maximum Gasteiger partial charge on any atom is 0.283 e. The molecule has 0 saturated carbocycles. The van der Waals surface area contributed by atoms with Crippen LogP contribution in [0, 0.1) is 10.1 Å². The highest BCUT2D eigenvalue weighted by Crippen LogP contribution is 2.45. The van der Waals surface area contributed by atoms with Gasteiger partial charge in [-0.25, -0.2) is 0 Å². The number of anilines is 2. The number of nitro benzene ring substituents is 1. The molecule has 0 atom stereocenters. The van der Waals surface area contributed by atoms with Crippen LogP contribution in [0.15, 0.2) is 93.7 Å². The average Bonchev–Trinajstić information content (AvgIpc) is 3.55. The first-order chi connectivity index (χ1) is 18.8. The second-order valence-corrected chi connectivity index (χ2v) is 11.0. The van der Waals surface area contributed by atoms with Crippen LogP contribution in [-0.4, -0.2) is 28.2 Å². The second-order valence-electron chi connectivity index (χ2n) is 9.00. The Hall–Kier alpha value is -4.48. The van der Waals surface area contributed by atoms with Crippen molar-refractivity contribution < 1.29 is 9.72 Å². The molecule has 9 nitrogen and oxygen atoms in total. The molecule has 194 valence electrons. The van der Waals surface area contributed by atoms with Crippen LogP contribution in [0.25, 0.3) is 10.6 Å². The molecule has 2 aliphatic rings. The van der Waals surface area contributed by atoms with Crippen LogP contribution in [0.1, 0.15) is 12.5 Å². The van der Waals surface area contributed by atoms with E-state index in [0.717, 1.165) is 26.2 Å². The Morgan fingerprint density at radius 1 is 0.974 bits per heavy atom. The highest BCUT2D eigenvalue weighted by molar-refractivity contribution is 8.08. The summed E-state index contributed by atoms with van der Waals surface area (Å²) in [6.45, 7) is 1.99. The van der Waals surface area contributed by atoms with Gasteiger partial charge >= 0.3 is 0 Å². The number of nitro groups is 1. The van der Waals surface area contributed by atoms with E-state index in [1.165, 1.54) is 41.3 Å². The van der Waals surface area contributed by atoms with Crippen LogP contribution in [0.4, 0.5) is 17.1 Å². The lowest BCUT2D eigenvalue weighted by molar-refractivity contribution is -0.384. The van der Waals surface area contributed by atoms with E-state index in [0.29, 0.717) is 20.5 Å². The number of hydrogen-bond donors (Lipinski definition) is 0. The number of amides is 1. The van der Waals surface area contributed by atoms with E-state index in [9.17, 15) is 19.7 Å². The summed E-state index contributed by atoms with van der Waals surface area (Å²) in [7, 11) is 1.93. The van der Waals surface area contributed by atoms with Crippen molar-refractivity contribution in [3.05, 3.63) is 114 Å². The van der Waals surface area contributed by atoms with E-state index < -0.39 is 10.8 Å². The third-order valence-corrected chi connectivity index (χ3v) is 9.07. The number of aromatic nitrogens is 1. The van der Waals surface area contributed by atoms with Gasteiger partial charge in [0.2, 0.25) is 0 Å². The SMILES string of the molecule is CC1=NN(c2cccc([N+](=O)[O-])c2)C(=O)/C1=c1/s/c(=C2\Sc3ccccc3N2C)c(=O)n1Cc1ccccc1. The van der Waals surface area contributed by atoms with Crippen molar-refractivity contribution in [1.82, 2.24) is 4.57 Å². The number of fused-ring (bicyclic) bond motifs is 1. The standard InChI is InChI=1S/C28H21N5O4S2/c1-17-23(25(34)32(29-17)19-11-8-12-20(15-19)33(36)37)27-31(16-18-9-4-3-5-10-18)26(35)24(39-27)28-30(2)21-13-6-7-14-22(21)38-28/h3-15H,16H2,1-2H3/b27-23+,28-24-. The Morgan fingerprint density at radius 2 is 1.72 bits per heavy atom. The monoisotopic (exact) mass is 555 g/mol. The van der Waals surface area contributed by atoms with Gasteiger partial charge in [-0.3, -0.25) is 24.3 Å². The predicted octanol–water partition coefficient (Wildman–Crippen LogP) is 3.75. The van der Waals surface area contributed by atoms with Crippen LogP contribution >= 0.6 is 23.1 Å². The van der Waals surface area contributed by atoms with E-state index in [4.69, 9.17) is 0 Å². The molecule has 1 amide bonds. The largest absolute Gasteiger partial charge is 0.337 e. The van der Waals surface area contributed by atoms with Gasteiger partial charge in [0.05, 0.1) is 34.1 Å². The van der Waals surface area contributed by atoms with E-state index >= 15 is 0 Å². The molecule has 6 rings (SSSR count). The van der Waals surface area contributed by atoms with Gasteiger partial charge in [0.15, 0.2) is 0 Å². The van der Waals surface area contributed by atoms with Gasteiger partial charge in [-0.05, 0) is 30.7 Å². The Kier molecular flexibility index (Phi) is 6.16. The first-order valence-electron chi connectivity index (χ1n) is 12.0. The van der Waals surface area contributed by atoms with Crippen molar-refractivity contribution in [1.29, 1.82) is 0 Å². The Labute approximate surface area is 230 Å². The summed E-state index contributed by atoms with van der Waals surface area (Å²) < 4.78 is 2.66. The molecule has 39 heavy (non-hydrogen) atoms. The molecular formula is C28H21N5O4S2. The van der Waals surface area contributed by atoms with Crippen LogP contribution < -0.4 is 24.7 Å². The summed E-state index contributed by atoms with van der Waals surface area (Å²) in [5.41, 5.74) is 2.62. The fourth-order valence-corrected chi connectivity index (χ4v) is 7.15. The summed E-state index contributed by atoms with van der Waals surface area (Å²) in [5, 5.41) is 17.7. The van der Waals surface area contributed by atoms with E-state index in [1.54, 1.807) is 17.6 Å². The first kappa shape index (κ1) is 24.8. The normalized spacial score (nSPS) is 17.5. The minimum absolute atomic E-state index is 0.140. The molecule has 3 heterocycles. The number of hydrogen-bond acceptors (Lipinski definition) is 8. The number of nitrogens with zero attached hydrogens (tertiary/aromatic N) is 5. The molecule has 0 N–H and O–H groups in total. The molecule has 0 fully saturated rings. The number of carbonyl (C=O) groups is 1. The first-order valence-corrected chi connectivity index (χ1v) is 13.6.